The van der Waals surface area contributed by atoms with Crippen LogP contribution < -0.4 is 0 Å². The fourth-order valence-electron chi connectivity index (χ4n) is 1.44. The minimum atomic E-state index is -0.110. The summed E-state index contributed by atoms with van der Waals surface area (Å²) in [4.78, 5) is 8.34. The van der Waals surface area contributed by atoms with Crippen LogP contribution in [0.25, 0.3) is 10.2 Å². The SMILES string of the molecule is Cc1cccc2sc(CN=C(C#N)C#N)nc12. The monoisotopic (exact) mass is 240 g/mol. The summed E-state index contributed by atoms with van der Waals surface area (Å²) in [5, 5.41) is 18.0. The van der Waals surface area contributed by atoms with E-state index in [0.717, 1.165) is 20.8 Å². The number of aryl methyl sites for hydroxylation is 1. The van der Waals surface area contributed by atoms with Gasteiger partial charge in [0.2, 0.25) is 5.71 Å². The van der Waals surface area contributed by atoms with Gasteiger partial charge in [-0.1, -0.05) is 12.1 Å². The molecule has 0 saturated carbocycles. The lowest BCUT2D eigenvalue weighted by atomic mass is 10.2. The van der Waals surface area contributed by atoms with Crippen molar-refractivity contribution in [1.82, 2.24) is 4.98 Å². The summed E-state index contributed by atoms with van der Waals surface area (Å²) in [6.45, 7) is 2.29. The van der Waals surface area contributed by atoms with Crippen LogP contribution in [-0.4, -0.2) is 10.7 Å². The van der Waals surface area contributed by atoms with Crippen LogP contribution in [0.3, 0.4) is 0 Å². The van der Waals surface area contributed by atoms with Gasteiger partial charge < -0.3 is 0 Å². The van der Waals surface area contributed by atoms with Gasteiger partial charge >= 0.3 is 0 Å². The fourth-order valence-corrected chi connectivity index (χ4v) is 2.41. The molecule has 4 nitrogen and oxygen atoms in total. The number of hydrogen-bond acceptors (Lipinski definition) is 5. The van der Waals surface area contributed by atoms with E-state index in [1.807, 2.05) is 25.1 Å². The molecule has 2 rings (SSSR count). The summed E-state index contributed by atoms with van der Waals surface area (Å²) in [7, 11) is 0. The van der Waals surface area contributed by atoms with Crippen LogP contribution in [0.1, 0.15) is 10.6 Å². The average molecular weight is 240 g/mol. The van der Waals surface area contributed by atoms with Crippen molar-refractivity contribution < 1.29 is 0 Å². The number of aliphatic imine (C=N–C) groups is 1. The molecule has 1 aromatic heterocycles. The van der Waals surface area contributed by atoms with Crippen molar-refractivity contribution in [1.29, 1.82) is 10.5 Å². The van der Waals surface area contributed by atoms with Gasteiger partial charge in [0.15, 0.2) is 0 Å². The normalized spacial score (nSPS) is 9.59. The highest BCUT2D eigenvalue weighted by Crippen LogP contribution is 2.24. The molecule has 0 N–H and O–H groups in total. The van der Waals surface area contributed by atoms with Crippen LogP contribution in [0.4, 0.5) is 0 Å². The fraction of sp³-hybridized carbons (Fsp3) is 0.167. The van der Waals surface area contributed by atoms with Crippen molar-refractivity contribution in [2.75, 3.05) is 0 Å². The largest absolute Gasteiger partial charge is 0.257 e. The van der Waals surface area contributed by atoms with Crippen molar-refractivity contribution in [3.8, 4) is 12.1 Å². The van der Waals surface area contributed by atoms with E-state index in [-0.39, 0.29) is 12.3 Å². The Morgan fingerprint density at radius 1 is 1.41 bits per heavy atom. The maximum atomic E-state index is 8.57. The van der Waals surface area contributed by atoms with Crippen molar-refractivity contribution in [2.45, 2.75) is 13.5 Å². The molecule has 0 aliphatic carbocycles. The second-order valence-corrected chi connectivity index (χ2v) is 4.53. The summed E-state index contributed by atoms with van der Waals surface area (Å²) >= 11 is 1.54. The Labute approximate surface area is 102 Å². The van der Waals surface area contributed by atoms with Crippen molar-refractivity contribution in [3.63, 3.8) is 0 Å². The van der Waals surface area contributed by atoms with Gasteiger partial charge in [-0.25, -0.2) is 4.98 Å². The Bertz CT molecular complexity index is 654. The molecule has 0 amide bonds. The summed E-state index contributed by atoms with van der Waals surface area (Å²) in [6, 6.07) is 9.46. The van der Waals surface area contributed by atoms with Crippen LogP contribution in [-0.2, 0) is 6.54 Å². The predicted octanol–water partition coefficient (Wildman–Crippen LogP) is 2.59. The maximum absolute atomic E-state index is 8.57. The Morgan fingerprint density at radius 2 is 2.18 bits per heavy atom. The summed E-state index contributed by atoms with van der Waals surface area (Å²) in [6.07, 6.45) is 0. The first-order valence-corrected chi connectivity index (χ1v) is 5.76. The quantitative estimate of drug-likeness (QED) is 0.757. The van der Waals surface area contributed by atoms with Crippen molar-refractivity contribution >= 4 is 27.3 Å². The lowest BCUT2D eigenvalue weighted by molar-refractivity contribution is 1.05. The van der Waals surface area contributed by atoms with Gasteiger partial charge in [-0.3, -0.25) is 4.99 Å². The van der Waals surface area contributed by atoms with Crippen LogP contribution in [0.5, 0.6) is 0 Å². The molecule has 0 aliphatic heterocycles. The first-order chi connectivity index (χ1) is 8.24. The molecule has 0 unspecified atom stereocenters. The second-order valence-electron chi connectivity index (χ2n) is 3.42. The molecule has 0 saturated heterocycles. The highest BCUT2D eigenvalue weighted by molar-refractivity contribution is 7.18. The van der Waals surface area contributed by atoms with E-state index >= 15 is 0 Å². The molecular formula is C12H8N4S. The second kappa shape index (κ2) is 4.73. The molecule has 0 atom stereocenters. The van der Waals surface area contributed by atoms with Crippen molar-refractivity contribution in [2.24, 2.45) is 4.99 Å². The number of nitriles is 2. The third kappa shape index (κ3) is 2.30. The number of rotatable bonds is 2. The van der Waals surface area contributed by atoms with E-state index in [9.17, 15) is 0 Å². The van der Waals surface area contributed by atoms with Gasteiger partial charge in [-0.15, -0.1) is 11.3 Å². The number of nitrogens with zero attached hydrogens (tertiary/aromatic N) is 4. The van der Waals surface area contributed by atoms with Gasteiger partial charge in [0.25, 0.3) is 0 Å². The Balaban J connectivity index is 2.34. The van der Waals surface area contributed by atoms with Gasteiger partial charge in [0.05, 0.1) is 16.8 Å². The van der Waals surface area contributed by atoms with E-state index in [1.165, 1.54) is 11.3 Å². The van der Waals surface area contributed by atoms with Gasteiger partial charge in [0, 0.05) is 0 Å². The zero-order valence-corrected chi connectivity index (χ0v) is 9.95. The number of aromatic nitrogens is 1. The highest BCUT2D eigenvalue weighted by Gasteiger charge is 2.05. The van der Waals surface area contributed by atoms with Crippen LogP contribution >= 0.6 is 11.3 Å². The van der Waals surface area contributed by atoms with E-state index in [2.05, 4.69) is 9.98 Å². The lowest BCUT2D eigenvalue weighted by Crippen LogP contribution is -1.90. The van der Waals surface area contributed by atoms with Gasteiger partial charge in [0.1, 0.15) is 17.1 Å². The molecule has 2 aromatic rings. The number of para-hydroxylation sites is 1. The number of fused-ring (bicyclic) bond motifs is 1. The summed E-state index contributed by atoms with van der Waals surface area (Å²) in [5.74, 6) is 0. The number of benzene rings is 1. The maximum Gasteiger partial charge on any atom is 0.213 e. The molecule has 1 aromatic carbocycles. The minimum absolute atomic E-state index is 0.110. The molecule has 0 fully saturated rings. The van der Waals surface area contributed by atoms with Crippen molar-refractivity contribution in [3.05, 3.63) is 28.8 Å². The third-order valence-electron chi connectivity index (χ3n) is 2.25. The molecule has 0 radical (unpaired) electrons. The summed E-state index contributed by atoms with van der Waals surface area (Å²) in [5.41, 5.74) is 1.98. The topological polar surface area (TPSA) is 72.8 Å². The molecule has 0 spiro atoms. The molecule has 82 valence electrons. The Morgan fingerprint density at radius 3 is 2.82 bits per heavy atom. The standard InChI is InChI=1S/C12H8N4S/c1-8-3-2-4-10-12(8)16-11(17-10)7-15-9(5-13)6-14/h2-4H,7H2,1H3. The van der Waals surface area contributed by atoms with E-state index in [4.69, 9.17) is 10.5 Å². The van der Waals surface area contributed by atoms with E-state index in [1.54, 1.807) is 12.1 Å². The van der Waals surface area contributed by atoms with E-state index in [0.29, 0.717) is 0 Å². The Kier molecular flexibility index (Phi) is 3.13. The minimum Gasteiger partial charge on any atom is -0.257 e. The van der Waals surface area contributed by atoms with Crippen LogP contribution in [0, 0.1) is 29.6 Å². The van der Waals surface area contributed by atoms with E-state index < -0.39 is 0 Å². The number of hydrogen-bond donors (Lipinski definition) is 0. The first-order valence-electron chi connectivity index (χ1n) is 4.94. The zero-order chi connectivity index (χ0) is 12.3. The smallest absolute Gasteiger partial charge is 0.213 e. The zero-order valence-electron chi connectivity index (χ0n) is 9.14. The van der Waals surface area contributed by atoms with Gasteiger partial charge in [-0.05, 0) is 18.6 Å². The number of thiazole rings is 1. The highest BCUT2D eigenvalue weighted by atomic mass is 32.1. The molecule has 17 heavy (non-hydrogen) atoms. The van der Waals surface area contributed by atoms with Crippen LogP contribution in [0.15, 0.2) is 23.2 Å². The molecule has 0 bridgehead atoms. The first kappa shape index (κ1) is 11.3. The van der Waals surface area contributed by atoms with Gasteiger partial charge in [-0.2, -0.15) is 10.5 Å². The predicted molar refractivity (Wildman–Crippen MR) is 66.7 cm³/mol. The molecule has 1 heterocycles. The third-order valence-corrected chi connectivity index (χ3v) is 3.25. The molecular weight excluding hydrogens is 232 g/mol. The van der Waals surface area contributed by atoms with Crippen LogP contribution in [0.2, 0.25) is 0 Å². The average Bonchev–Trinajstić information content (AvgIpc) is 2.75. The molecule has 0 aliphatic rings. The molecule has 5 heteroatoms. The summed E-state index contributed by atoms with van der Waals surface area (Å²) < 4.78 is 1.10. The lowest BCUT2D eigenvalue weighted by Gasteiger charge is -1.90. The Hall–Kier alpha value is -2.24.